The average Bonchev–Trinajstić information content (AvgIpc) is 3.38. The van der Waals surface area contributed by atoms with E-state index in [9.17, 15) is 0 Å². The second-order valence-electron chi connectivity index (χ2n) is 7.89. The Bertz CT molecular complexity index is 1250. The Morgan fingerprint density at radius 2 is 1.87 bits per heavy atom. The minimum atomic E-state index is 0.249. The van der Waals surface area contributed by atoms with E-state index in [0.717, 1.165) is 53.0 Å². The van der Waals surface area contributed by atoms with Crippen LogP contribution in [0.4, 0.5) is 0 Å². The summed E-state index contributed by atoms with van der Waals surface area (Å²) in [6.45, 7) is 4.88. The highest BCUT2D eigenvalue weighted by Crippen LogP contribution is 2.32. The zero-order chi connectivity index (χ0) is 21.4. The lowest BCUT2D eigenvalue weighted by molar-refractivity contribution is 0.445. The first kappa shape index (κ1) is 19.7. The number of fused-ring (bicyclic) bond motifs is 1. The van der Waals surface area contributed by atoms with Crippen LogP contribution in [-0.2, 0) is 6.54 Å². The topological polar surface area (TPSA) is 61.4 Å². The van der Waals surface area contributed by atoms with Gasteiger partial charge in [-0.05, 0) is 68.7 Å². The number of benzene rings is 1. The molecule has 5 rings (SSSR count). The van der Waals surface area contributed by atoms with Crippen LogP contribution in [0, 0.1) is 13.8 Å². The Balaban J connectivity index is 1.38. The van der Waals surface area contributed by atoms with Gasteiger partial charge in [-0.2, -0.15) is 5.10 Å². The molecule has 6 nitrogen and oxygen atoms in total. The number of halogens is 1. The second kappa shape index (κ2) is 8.12. The number of aryl methyl sites for hydroxylation is 3. The first-order valence-corrected chi connectivity index (χ1v) is 10.8. The van der Waals surface area contributed by atoms with Crippen LogP contribution in [-0.4, -0.2) is 29.3 Å². The number of aromatic nitrogens is 6. The molecule has 4 aromatic rings. The van der Waals surface area contributed by atoms with Crippen molar-refractivity contribution >= 4 is 23.8 Å². The number of pyridine rings is 1. The molecule has 0 N–H and O–H groups in total. The summed E-state index contributed by atoms with van der Waals surface area (Å²) in [5, 5.41) is 5.45. The van der Waals surface area contributed by atoms with Crippen LogP contribution in [0.15, 0.2) is 48.9 Å². The molecule has 0 spiro atoms. The maximum atomic E-state index is 6.06. The van der Waals surface area contributed by atoms with Gasteiger partial charge in [0.1, 0.15) is 5.82 Å². The van der Waals surface area contributed by atoms with Crippen LogP contribution in [0.25, 0.3) is 17.8 Å². The molecule has 156 valence electrons. The van der Waals surface area contributed by atoms with Crippen molar-refractivity contribution in [3.63, 3.8) is 0 Å². The van der Waals surface area contributed by atoms with Crippen molar-refractivity contribution in [3.05, 3.63) is 88.2 Å². The standard InChI is InChI=1S/C24H23ClN6/c1-16-14-30(15-26-16)22-11-9-20(27-17(22)2)10-12-23-28-24-21(4-3-13-31(24)29-23)18-5-7-19(25)8-6-18/h5-12,14-15,21H,3-4,13H2,1-2H3/b12-10+/t21-/m1/s1. The van der Waals surface area contributed by atoms with Crippen LogP contribution in [0.5, 0.6) is 0 Å². The lowest BCUT2D eigenvalue weighted by Gasteiger charge is -2.22. The van der Waals surface area contributed by atoms with Crippen molar-refractivity contribution in [1.29, 1.82) is 0 Å². The molecule has 1 atom stereocenters. The van der Waals surface area contributed by atoms with Gasteiger partial charge < -0.3 is 4.57 Å². The van der Waals surface area contributed by atoms with Gasteiger partial charge in [0, 0.05) is 23.7 Å². The van der Waals surface area contributed by atoms with E-state index in [0.29, 0.717) is 5.82 Å². The third-order valence-corrected chi connectivity index (χ3v) is 5.89. The van der Waals surface area contributed by atoms with E-state index in [2.05, 4.69) is 23.2 Å². The number of rotatable bonds is 4. The van der Waals surface area contributed by atoms with Gasteiger partial charge in [0.05, 0.1) is 29.1 Å². The van der Waals surface area contributed by atoms with E-state index in [4.69, 9.17) is 26.7 Å². The summed E-state index contributed by atoms with van der Waals surface area (Å²) in [4.78, 5) is 13.8. The van der Waals surface area contributed by atoms with Crippen molar-refractivity contribution in [3.8, 4) is 5.69 Å². The van der Waals surface area contributed by atoms with Gasteiger partial charge in [-0.15, -0.1) is 0 Å². The van der Waals surface area contributed by atoms with E-state index in [1.54, 1.807) is 0 Å². The van der Waals surface area contributed by atoms with Crippen molar-refractivity contribution in [1.82, 2.24) is 29.3 Å². The predicted octanol–water partition coefficient (Wildman–Crippen LogP) is 5.23. The minimum absolute atomic E-state index is 0.249. The molecule has 0 saturated heterocycles. The Kier molecular flexibility index (Phi) is 5.16. The molecule has 0 radical (unpaired) electrons. The molecule has 0 aliphatic carbocycles. The first-order chi connectivity index (χ1) is 15.1. The van der Waals surface area contributed by atoms with Crippen LogP contribution in [0.2, 0.25) is 5.02 Å². The van der Waals surface area contributed by atoms with Crippen molar-refractivity contribution < 1.29 is 0 Å². The van der Waals surface area contributed by atoms with Crippen LogP contribution >= 0.6 is 11.6 Å². The fourth-order valence-corrected chi connectivity index (χ4v) is 4.23. The minimum Gasteiger partial charge on any atom is -0.304 e. The Hall–Kier alpha value is -3.25. The molecule has 1 aromatic carbocycles. The summed E-state index contributed by atoms with van der Waals surface area (Å²) in [6, 6.07) is 12.1. The third-order valence-electron chi connectivity index (χ3n) is 5.64. The molecule has 0 amide bonds. The van der Waals surface area contributed by atoms with E-state index in [1.165, 1.54) is 5.56 Å². The fraction of sp³-hybridized carbons (Fsp3) is 0.250. The average molecular weight is 431 g/mol. The fourth-order valence-electron chi connectivity index (χ4n) is 4.10. The number of imidazole rings is 1. The number of nitrogens with zero attached hydrogens (tertiary/aromatic N) is 6. The molecule has 0 saturated carbocycles. The molecule has 0 unspecified atom stereocenters. The molecule has 1 aliphatic heterocycles. The smallest absolute Gasteiger partial charge is 0.174 e. The highest BCUT2D eigenvalue weighted by molar-refractivity contribution is 6.30. The molecule has 7 heteroatoms. The highest BCUT2D eigenvalue weighted by atomic mass is 35.5. The summed E-state index contributed by atoms with van der Waals surface area (Å²) < 4.78 is 4.03. The monoisotopic (exact) mass is 430 g/mol. The normalized spacial score (nSPS) is 16.0. The van der Waals surface area contributed by atoms with E-state index in [1.807, 2.05) is 66.0 Å². The highest BCUT2D eigenvalue weighted by Gasteiger charge is 2.25. The maximum Gasteiger partial charge on any atom is 0.174 e. The summed E-state index contributed by atoms with van der Waals surface area (Å²) in [5.74, 6) is 1.98. The van der Waals surface area contributed by atoms with Crippen molar-refractivity contribution in [2.45, 2.75) is 39.2 Å². The lowest BCUT2D eigenvalue weighted by atomic mass is 9.91. The molecule has 4 heterocycles. The molecular weight excluding hydrogens is 408 g/mol. The molecule has 3 aromatic heterocycles. The van der Waals surface area contributed by atoms with E-state index < -0.39 is 0 Å². The Morgan fingerprint density at radius 1 is 1.03 bits per heavy atom. The van der Waals surface area contributed by atoms with Crippen LogP contribution < -0.4 is 0 Å². The third kappa shape index (κ3) is 4.03. The molecule has 0 fully saturated rings. The molecular formula is C24H23ClN6. The summed E-state index contributed by atoms with van der Waals surface area (Å²) in [6.07, 6.45) is 9.87. The van der Waals surface area contributed by atoms with Gasteiger partial charge in [-0.25, -0.2) is 14.6 Å². The van der Waals surface area contributed by atoms with Gasteiger partial charge >= 0.3 is 0 Å². The van der Waals surface area contributed by atoms with Crippen LogP contribution in [0.1, 0.15) is 53.1 Å². The van der Waals surface area contributed by atoms with Gasteiger partial charge in [0.2, 0.25) is 0 Å². The van der Waals surface area contributed by atoms with Crippen molar-refractivity contribution in [2.75, 3.05) is 0 Å². The molecule has 0 bridgehead atoms. The zero-order valence-corrected chi connectivity index (χ0v) is 18.3. The predicted molar refractivity (Wildman–Crippen MR) is 122 cm³/mol. The maximum absolute atomic E-state index is 6.06. The number of hydrogen-bond donors (Lipinski definition) is 0. The molecule has 31 heavy (non-hydrogen) atoms. The molecule has 1 aliphatic rings. The zero-order valence-electron chi connectivity index (χ0n) is 17.5. The number of hydrogen-bond acceptors (Lipinski definition) is 4. The summed E-state index contributed by atoms with van der Waals surface area (Å²) >= 11 is 6.06. The first-order valence-electron chi connectivity index (χ1n) is 10.4. The van der Waals surface area contributed by atoms with E-state index >= 15 is 0 Å². The second-order valence-corrected chi connectivity index (χ2v) is 8.33. The Morgan fingerprint density at radius 3 is 2.61 bits per heavy atom. The van der Waals surface area contributed by atoms with Crippen molar-refractivity contribution in [2.24, 2.45) is 0 Å². The van der Waals surface area contributed by atoms with Gasteiger partial charge in [-0.3, -0.25) is 4.98 Å². The van der Waals surface area contributed by atoms with E-state index in [-0.39, 0.29) is 5.92 Å². The Labute approximate surface area is 186 Å². The summed E-state index contributed by atoms with van der Waals surface area (Å²) in [5.41, 5.74) is 5.06. The largest absolute Gasteiger partial charge is 0.304 e. The van der Waals surface area contributed by atoms with Gasteiger partial charge in [0.15, 0.2) is 5.82 Å². The SMILES string of the molecule is Cc1cn(-c2ccc(/C=C/c3nc4n(n3)CCC[C@@H]4c3ccc(Cl)cc3)nc2C)cn1. The van der Waals surface area contributed by atoms with Crippen LogP contribution in [0.3, 0.4) is 0 Å². The lowest BCUT2D eigenvalue weighted by Crippen LogP contribution is -2.17. The van der Waals surface area contributed by atoms with Gasteiger partial charge in [0.25, 0.3) is 0 Å². The summed E-state index contributed by atoms with van der Waals surface area (Å²) in [7, 11) is 0. The van der Waals surface area contributed by atoms with Gasteiger partial charge in [-0.1, -0.05) is 23.7 Å². The quantitative estimate of drug-likeness (QED) is 0.445.